The molecule has 0 unspecified atom stereocenters. The molecule has 0 saturated carbocycles. The molecule has 0 radical (unpaired) electrons. The van der Waals surface area contributed by atoms with Crippen molar-refractivity contribution in [2.75, 3.05) is 24.6 Å². The van der Waals surface area contributed by atoms with Gasteiger partial charge in [-0.05, 0) is 37.3 Å². The van der Waals surface area contributed by atoms with Crippen molar-refractivity contribution in [2.24, 2.45) is 0 Å². The molecule has 8 nitrogen and oxygen atoms in total. The molecule has 2 aliphatic heterocycles. The Morgan fingerprint density at radius 2 is 2.00 bits per heavy atom. The fourth-order valence-corrected chi connectivity index (χ4v) is 4.53. The summed E-state index contributed by atoms with van der Waals surface area (Å²) >= 11 is 6.04. The molecule has 174 valence electrons. The third-order valence-corrected chi connectivity index (χ3v) is 6.24. The second-order valence-electron chi connectivity index (χ2n) is 8.09. The molecule has 1 aromatic carbocycles. The number of benzene rings is 1. The maximum atomic E-state index is 12.9. The van der Waals surface area contributed by atoms with E-state index in [4.69, 9.17) is 20.8 Å². The molecule has 33 heavy (non-hydrogen) atoms. The van der Waals surface area contributed by atoms with Crippen LogP contribution in [0.2, 0.25) is 5.02 Å². The largest absolute Gasteiger partial charge is 0.433 e. The number of rotatable bonds is 5. The van der Waals surface area contributed by atoms with Crippen LogP contribution in [-0.2, 0) is 16.1 Å². The summed E-state index contributed by atoms with van der Waals surface area (Å²) in [6, 6.07) is 8.76. The second kappa shape index (κ2) is 8.42. The predicted molar refractivity (Wildman–Crippen MR) is 115 cm³/mol. The molecule has 3 aromatic rings. The molecule has 1 spiro atoms. The highest BCUT2D eigenvalue weighted by atomic mass is 35.5. The molecule has 4 heterocycles. The number of nitrogens with zero attached hydrogens (tertiary/aromatic N) is 4. The standard InChI is InChI=1S/C22H21ClF2N4O4/c1-13-2-4-18(32-20(24)25)16(26-13)11-29-19(30)12-31-22(29)6-8-28(9-7-22)21-27-15-10-14(23)3-5-17(15)33-21/h2-5,10,20H,6-9,11-12H2,1H3. The minimum Gasteiger partial charge on any atom is -0.433 e. The van der Waals surface area contributed by atoms with Gasteiger partial charge < -0.3 is 23.7 Å². The summed E-state index contributed by atoms with van der Waals surface area (Å²) in [5.74, 6) is -0.265. The van der Waals surface area contributed by atoms with Gasteiger partial charge in [-0.15, -0.1) is 0 Å². The molecule has 5 rings (SSSR count). The minimum absolute atomic E-state index is 0.0178. The number of ether oxygens (including phenoxy) is 2. The van der Waals surface area contributed by atoms with Gasteiger partial charge in [0.05, 0.1) is 6.54 Å². The first kappa shape index (κ1) is 21.8. The van der Waals surface area contributed by atoms with Gasteiger partial charge in [0.25, 0.3) is 11.9 Å². The molecule has 2 fully saturated rings. The van der Waals surface area contributed by atoms with Crippen molar-refractivity contribution < 1.29 is 27.5 Å². The normalized spacial score (nSPS) is 18.2. The van der Waals surface area contributed by atoms with Crippen LogP contribution in [0.5, 0.6) is 5.75 Å². The molecule has 11 heteroatoms. The number of aromatic nitrogens is 2. The first-order valence-corrected chi connectivity index (χ1v) is 10.9. The van der Waals surface area contributed by atoms with Crippen LogP contribution >= 0.6 is 11.6 Å². The molecule has 0 N–H and O–H groups in total. The maximum absolute atomic E-state index is 12.9. The van der Waals surface area contributed by atoms with Crippen molar-refractivity contribution in [3.8, 4) is 5.75 Å². The van der Waals surface area contributed by atoms with Gasteiger partial charge in [-0.2, -0.15) is 13.8 Å². The van der Waals surface area contributed by atoms with Gasteiger partial charge in [0.1, 0.15) is 29.3 Å². The molecule has 0 atom stereocenters. The molecule has 2 aromatic heterocycles. The number of pyridine rings is 1. The molecule has 2 saturated heterocycles. The van der Waals surface area contributed by atoms with Gasteiger partial charge >= 0.3 is 6.61 Å². The number of hydrogen-bond donors (Lipinski definition) is 0. The Morgan fingerprint density at radius 3 is 2.76 bits per heavy atom. The number of aryl methyl sites for hydroxylation is 1. The summed E-state index contributed by atoms with van der Waals surface area (Å²) in [4.78, 5) is 25.1. The monoisotopic (exact) mass is 478 g/mol. The van der Waals surface area contributed by atoms with Crippen molar-refractivity contribution in [2.45, 2.75) is 38.6 Å². The van der Waals surface area contributed by atoms with Crippen molar-refractivity contribution in [3.05, 3.63) is 46.7 Å². The zero-order valence-corrected chi connectivity index (χ0v) is 18.5. The predicted octanol–water partition coefficient (Wildman–Crippen LogP) is 4.14. The van der Waals surface area contributed by atoms with E-state index in [0.29, 0.717) is 53.8 Å². The number of amides is 1. The van der Waals surface area contributed by atoms with Crippen molar-refractivity contribution >= 4 is 34.6 Å². The number of alkyl halides is 2. The van der Waals surface area contributed by atoms with Crippen LogP contribution < -0.4 is 9.64 Å². The average Bonchev–Trinajstić information content (AvgIpc) is 3.32. The van der Waals surface area contributed by atoms with Crippen molar-refractivity contribution in [1.29, 1.82) is 0 Å². The first-order valence-electron chi connectivity index (χ1n) is 10.5. The summed E-state index contributed by atoms with van der Waals surface area (Å²) in [7, 11) is 0. The van der Waals surface area contributed by atoms with Crippen LogP contribution in [0.3, 0.4) is 0 Å². The number of halogens is 3. The molecule has 0 aliphatic carbocycles. The van der Waals surface area contributed by atoms with Gasteiger partial charge in [0.2, 0.25) is 0 Å². The summed E-state index contributed by atoms with van der Waals surface area (Å²) in [6.45, 7) is -0.220. The van der Waals surface area contributed by atoms with Gasteiger partial charge in [0, 0.05) is 36.6 Å². The quantitative estimate of drug-likeness (QED) is 0.545. The number of anilines is 1. The fourth-order valence-electron chi connectivity index (χ4n) is 4.36. The zero-order chi connectivity index (χ0) is 23.2. The number of carbonyl (C=O) groups is 1. The summed E-state index contributed by atoms with van der Waals surface area (Å²) in [5, 5.41) is 0.577. The first-order chi connectivity index (χ1) is 15.8. The lowest BCUT2D eigenvalue weighted by Crippen LogP contribution is -2.53. The number of piperidine rings is 1. The Balaban J connectivity index is 1.35. The number of carbonyl (C=O) groups excluding carboxylic acids is 1. The Kier molecular flexibility index (Phi) is 5.57. The van der Waals surface area contributed by atoms with Crippen LogP contribution in [0.4, 0.5) is 14.8 Å². The van der Waals surface area contributed by atoms with Gasteiger partial charge in [-0.1, -0.05) is 11.6 Å². The highest BCUT2D eigenvalue weighted by Gasteiger charge is 2.49. The molecule has 0 bridgehead atoms. The summed E-state index contributed by atoms with van der Waals surface area (Å²) in [6.07, 6.45) is 0.990. The minimum atomic E-state index is -2.98. The van der Waals surface area contributed by atoms with Gasteiger partial charge in [-0.3, -0.25) is 9.78 Å². The molecular formula is C22H21ClF2N4O4. The topological polar surface area (TPSA) is 80.9 Å². The van der Waals surface area contributed by atoms with E-state index in [0.717, 1.165) is 0 Å². The SMILES string of the molecule is Cc1ccc(OC(F)F)c(CN2C(=O)COC23CCN(c2nc4cc(Cl)ccc4o2)CC3)n1. The van der Waals surface area contributed by atoms with Crippen molar-refractivity contribution in [1.82, 2.24) is 14.9 Å². The van der Waals surface area contributed by atoms with E-state index < -0.39 is 12.3 Å². The Hall–Kier alpha value is -2.98. The summed E-state index contributed by atoms with van der Waals surface area (Å²) < 4.78 is 42.2. The fraction of sp³-hybridized carbons (Fsp3) is 0.409. The van der Waals surface area contributed by atoms with Crippen LogP contribution in [0, 0.1) is 6.92 Å². The zero-order valence-electron chi connectivity index (χ0n) is 17.8. The van der Waals surface area contributed by atoms with Gasteiger partial charge in [0.15, 0.2) is 5.58 Å². The number of hydrogen-bond acceptors (Lipinski definition) is 7. The lowest BCUT2D eigenvalue weighted by Gasteiger charge is -2.43. The maximum Gasteiger partial charge on any atom is 0.387 e. The van der Waals surface area contributed by atoms with E-state index in [9.17, 15) is 13.6 Å². The third-order valence-electron chi connectivity index (χ3n) is 6.01. The highest BCUT2D eigenvalue weighted by Crippen LogP contribution is 2.38. The third kappa shape index (κ3) is 4.20. The van der Waals surface area contributed by atoms with Gasteiger partial charge in [-0.25, -0.2) is 0 Å². The molecular weight excluding hydrogens is 458 g/mol. The van der Waals surface area contributed by atoms with E-state index >= 15 is 0 Å². The lowest BCUT2D eigenvalue weighted by atomic mass is 9.98. The smallest absolute Gasteiger partial charge is 0.387 e. The van der Waals surface area contributed by atoms with Crippen molar-refractivity contribution in [3.63, 3.8) is 0 Å². The number of oxazole rings is 1. The van der Waals surface area contributed by atoms with Crippen LogP contribution in [-0.4, -0.2) is 52.8 Å². The molecule has 1 amide bonds. The Morgan fingerprint density at radius 1 is 1.21 bits per heavy atom. The van der Waals surface area contributed by atoms with Crippen LogP contribution in [0.25, 0.3) is 11.1 Å². The van der Waals surface area contributed by atoms with E-state index in [1.54, 1.807) is 36.1 Å². The van der Waals surface area contributed by atoms with E-state index in [-0.39, 0.29) is 30.5 Å². The van der Waals surface area contributed by atoms with E-state index in [1.807, 2.05) is 4.90 Å². The molecule has 2 aliphatic rings. The van der Waals surface area contributed by atoms with E-state index in [2.05, 4.69) is 14.7 Å². The lowest BCUT2D eigenvalue weighted by molar-refractivity contribution is -0.138. The van der Waals surface area contributed by atoms with E-state index in [1.165, 1.54) is 6.07 Å². The summed E-state index contributed by atoms with van der Waals surface area (Å²) in [5.41, 5.74) is 1.37. The number of fused-ring (bicyclic) bond motifs is 1. The van der Waals surface area contributed by atoms with Crippen LogP contribution in [0.1, 0.15) is 24.2 Å². The average molecular weight is 479 g/mol. The Labute approximate surface area is 193 Å². The second-order valence-corrected chi connectivity index (χ2v) is 8.52. The van der Waals surface area contributed by atoms with Crippen LogP contribution in [0.15, 0.2) is 34.7 Å². The highest BCUT2D eigenvalue weighted by molar-refractivity contribution is 6.31. The Bertz CT molecular complexity index is 1200.